The molecule has 1 fully saturated rings. The standard InChI is InChI=1S/C11H19N5O3S/c1-15-7-10(13-8-15)20(18,19)14-6-11(17)16-4-2-3-9(16)5-12/h7-9,14H,2-6,12H2,1H3. The molecule has 0 aromatic carbocycles. The zero-order valence-corrected chi connectivity index (χ0v) is 12.1. The molecule has 0 saturated carbocycles. The van der Waals surface area contributed by atoms with E-state index < -0.39 is 10.0 Å². The minimum atomic E-state index is -3.75. The maximum Gasteiger partial charge on any atom is 0.260 e. The number of amides is 1. The Kier molecular flexibility index (Phi) is 4.41. The molecule has 2 heterocycles. The summed E-state index contributed by atoms with van der Waals surface area (Å²) in [4.78, 5) is 17.4. The lowest BCUT2D eigenvalue weighted by Gasteiger charge is -2.23. The smallest absolute Gasteiger partial charge is 0.260 e. The van der Waals surface area contributed by atoms with Gasteiger partial charge in [-0.1, -0.05) is 0 Å². The van der Waals surface area contributed by atoms with Crippen molar-refractivity contribution in [3.63, 3.8) is 0 Å². The van der Waals surface area contributed by atoms with Crippen molar-refractivity contribution in [2.75, 3.05) is 19.6 Å². The number of nitrogens with zero attached hydrogens (tertiary/aromatic N) is 3. The van der Waals surface area contributed by atoms with Crippen molar-refractivity contribution in [2.45, 2.75) is 23.9 Å². The van der Waals surface area contributed by atoms with Crippen LogP contribution in [0.2, 0.25) is 0 Å². The number of aromatic nitrogens is 2. The summed E-state index contributed by atoms with van der Waals surface area (Å²) in [5.41, 5.74) is 5.59. The van der Waals surface area contributed by atoms with Crippen LogP contribution in [-0.2, 0) is 21.9 Å². The second-order valence-electron chi connectivity index (χ2n) is 4.82. The van der Waals surface area contributed by atoms with E-state index in [1.54, 1.807) is 11.9 Å². The van der Waals surface area contributed by atoms with Crippen LogP contribution in [-0.4, -0.2) is 54.5 Å². The topological polar surface area (TPSA) is 110 Å². The average Bonchev–Trinajstić information content (AvgIpc) is 3.04. The van der Waals surface area contributed by atoms with Crippen molar-refractivity contribution in [1.82, 2.24) is 19.2 Å². The van der Waals surface area contributed by atoms with Gasteiger partial charge < -0.3 is 15.2 Å². The summed E-state index contributed by atoms with van der Waals surface area (Å²) in [5, 5.41) is -0.0930. The van der Waals surface area contributed by atoms with Gasteiger partial charge in [-0.3, -0.25) is 4.79 Å². The van der Waals surface area contributed by atoms with E-state index in [4.69, 9.17) is 5.73 Å². The maximum atomic E-state index is 12.0. The van der Waals surface area contributed by atoms with E-state index in [1.807, 2.05) is 0 Å². The minimum absolute atomic E-state index is 0.0156. The summed E-state index contributed by atoms with van der Waals surface area (Å²) in [6.07, 6.45) is 4.54. The number of aryl methyl sites for hydroxylation is 1. The Morgan fingerprint density at radius 2 is 2.35 bits per heavy atom. The highest BCUT2D eigenvalue weighted by Crippen LogP contribution is 2.16. The number of nitrogens with two attached hydrogens (primary N) is 1. The lowest BCUT2D eigenvalue weighted by molar-refractivity contribution is -0.130. The van der Waals surface area contributed by atoms with Crippen LogP contribution in [0.5, 0.6) is 0 Å². The van der Waals surface area contributed by atoms with Crippen molar-refractivity contribution in [3.8, 4) is 0 Å². The molecule has 8 nitrogen and oxygen atoms in total. The fourth-order valence-corrected chi connectivity index (χ4v) is 3.22. The number of nitrogens with one attached hydrogen (secondary N) is 1. The number of sulfonamides is 1. The van der Waals surface area contributed by atoms with Gasteiger partial charge in [-0.25, -0.2) is 18.1 Å². The SMILES string of the molecule is Cn1cnc(S(=O)(=O)NCC(=O)N2CCCC2CN)c1. The molecule has 1 aliphatic heterocycles. The highest BCUT2D eigenvalue weighted by molar-refractivity contribution is 7.89. The molecule has 0 spiro atoms. The Hall–Kier alpha value is -1.45. The molecular formula is C11H19N5O3S. The molecule has 9 heteroatoms. The van der Waals surface area contributed by atoms with Crippen molar-refractivity contribution in [1.29, 1.82) is 0 Å². The minimum Gasteiger partial charge on any atom is -0.339 e. The number of hydrogen-bond donors (Lipinski definition) is 2. The van der Waals surface area contributed by atoms with Gasteiger partial charge in [0.15, 0.2) is 5.03 Å². The first-order valence-electron chi connectivity index (χ1n) is 6.41. The van der Waals surface area contributed by atoms with Gasteiger partial charge in [-0.05, 0) is 12.8 Å². The molecule has 0 aliphatic carbocycles. The van der Waals surface area contributed by atoms with E-state index in [2.05, 4.69) is 9.71 Å². The third-order valence-electron chi connectivity index (χ3n) is 3.34. The van der Waals surface area contributed by atoms with Crippen LogP contribution in [0.4, 0.5) is 0 Å². The van der Waals surface area contributed by atoms with Gasteiger partial charge in [-0.15, -0.1) is 0 Å². The normalized spacial score (nSPS) is 19.5. The second-order valence-corrected chi connectivity index (χ2v) is 6.53. The number of carbonyl (C=O) groups excluding carboxylic acids is 1. The summed E-state index contributed by atoms with van der Waals surface area (Å²) in [5.74, 6) is -0.252. The van der Waals surface area contributed by atoms with Crippen LogP contribution < -0.4 is 10.5 Å². The number of rotatable bonds is 5. The Balaban J connectivity index is 1.96. The zero-order chi connectivity index (χ0) is 14.8. The van der Waals surface area contributed by atoms with Crippen molar-refractivity contribution in [2.24, 2.45) is 12.8 Å². The predicted molar refractivity (Wildman–Crippen MR) is 72.2 cm³/mol. The first kappa shape index (κ1) is 14.9. The van der Waals surface area contributed by atoms with Crippen LogP contribution in [0.15, 0.2) is 17.6 Å². The molecule has 1 aliphatic rings. The van der Waals surface area contributed by atoms with Crippen LogP contribution in [0.3, 0.4) is 0 Å². The van der Waals surface area contributed by atoms with Gasteiger partial charge in [0.1, 0.15) is 0 Å². The molecule has 2 rings (SSSR count). The lowest BCUT2D eigenvalue weighted by Crippen LogP contribution is -2.45. The van der Waals surface area contributed by atoms with E-state index in [9.17, 15) is 13.2 Å². The third kappa shape index (κ3) is 3.17. The molecule has 1 amide bonds. The van der Waals surface area contributed by atoms with Gasteiger partial charge in [0.25, 0.3) is 10.0 Å². The van der Waals surface area contributed by atoms with E-state index in [-0.39, 0.29) is 23.5 Å². The summed E-state index contributed by atoms with van der Waals surface area (Å²) in [6, 6.07) is 0.0156. The van der Waals surface area contributed by atoms with Crippen molar-refractivity contribution >= 4 is 15.9 Å². The van der Waals surface area contributed by atoms with E-state index in [0.29, 0.717) is 13.1 Å². The fourth-order valence-electron chi connectivity index (χ4n) is 2.27. The molecule has 1 unspecified atom stereocenters. The molecule has 112 valence electrons. The first-order valence-corrected chi connectivity index (χ1v) is 7.89. The summed E-state index contributed by atoms with van der Waals surface area (Å²) in [7, 11) is -2.08. The number of hydrogen-bond acceptors (Lipinski definition) is 5. The third-order valence-corrected chi connectivity index (χ3v) is 4.63. The molecule has 20 heavy (non-hydrogen) atoms. The van der Waals surface area contributed by atoms with E-state index in [1.165, 1.54) is 17.1 Å². The molecule has 1 atom stereocenters. The second kappa shape index (κ2) is 5.90. The number of likely N-dealkylation sites (tertiary alicyclic amines) is 1. The number of imidazole rings is 1. The Morgan fingerprint density at radius 3 is 2.95 bits per heavy atom. The molecule has 0 radical (unpaired) electrons. The van der Waals surface area contributed by atoms with Crippen LogP contribution in [0.1, 0.15) is 12.8 Å². The lowest BCUT2D eigenvalue weighted by atomic mass is 10.2. The quantitative estimate of drug-likeness (QED) is 0.698. The largest absolute Gasteiger partial charge is 0.339 e. The van der Waals surface area contributed by atoms with Gasteiger partial charge in [0.2, 0.25) is 5.91 Å². The Labute approximate surface area is 118 Å². The summed E-state index contributed by atoms with van der Waals surface area (Å²) in [6.45, 7) is 0.764. The molecule has 0 bridgehead atoms. The molecule has 1 aromatic rings. The monoisotopic (exact) mass is 301 g/mol. The number of carbonyl (C=O) groups is 1. The fraction of sp³-hybridized carbons (Fsp3) is 0.636. The average molecular weight is 301 g/mol. The molecule has 3 N–H and O–H groups in total. The highest BCUT2D eigenvalue weighted by Gasteiger charge is 2.28. The van der Waals surface area contributed by atoms with Crippen LogP contribution in [0.25, 0.3) is 0 Å². The van der Waals surface area contributed by atoms with E-state index in [0.717, 1.165) is 12.8 Å². The predicted octanol–water partition coefficient (Wildman–Crippen LogP) is -1.35. The summed E-state index contributed by atoms with van der Waals surface area (Å²) >= 11 is 0. The van der Waals surface area contributed by atoms with Crippen LogP contribution >= 0.6 is 0 Å². The van der Waals surface area contributed by atoms with Gasteiger partial charge in [-0.2, -0.15) is 0 Å². The zero-order valence-electron chi connectivity index (χ0n) is 11.3. The maximum absolute atomic E-state index is 12.0. The van der Waals surface area contributed by atoms with Gasteiger partial charge in [0.05, 0.1) is 12.9 Å². The van der Waals surface area contributed by atoms with Gasteiger partial charge >= 0.3 is 0 Å². The highest BCUT2D eigenvalue weighted by atomic mass is 32.2. The molecule has 1 aromatic heterocycles. The van der Waals surface area contributed by atoms with Crippen molar-refractivity contribution < 1.29 is 13.2 Å². The van der Waals surface area contributed by atoms with E-state index >= 15 is 0 Å². The summed E-state index contributed by atoms with van der Waals surface area (Å²) < 4.78 is 27.7. The Morgan fingerprint density at radius 1 is 1.60 bits per heavy atom. The Bertz CT molecular complexity index is 583. The van der Waals surface area contributed by atoms with Crippen molar-refractivity contribution in [3.05, 3.63) is 12.5 Å². The molecule has 1 saturated heterocycles. The van der Waals surface area contributed by atoms with Gasteiger partial charge in [0, 0.05) is 32.4 Å². The van der Waals surface area contributed by atoms with Crippen LogP contribution in [0, 0.1) is 0 Å². The first-order chi connectivity index (χ1) is 9.44. The molecular weight excluding hydrogens is 282 g/mol.